The third-order valence-electron chi connectivity index (χ3n) is 2.47. The van der Waals surface area contributed by atoms with Gasteiger partial charge in [0.15, 0.2) is 0 Å². The second-order valence-corrected chi connectivity index (χ2v) is 6.37. The lowest BCUT2D eigenvalue weighted by molar-refractivity contribution is -0.139. The predicted octanol–water partition coefficient (Wildman–Crippen LogP) is 0.409. The summed E-state index contributed by atoms with van der Waals surface area (Å²) in [6, 6.07) is 5.87. The standard InChI is InChI=1S/C12H17NO5S/c1-12(2,18-9-15)8-13-19(16,17)11-5-3-10(7-14)4-6-11/h3-6,9,13-14H,7-8H2,1-2H3. The number of hydrogen-bond donors (Lipinski definition) is 2. The fourth-order valence-corrected chi connectivity index (χ4v) is 2.50. The van der Waals surface area contributed by atoms with Crippen molar-refractivity contribution in [1.29, 1.82) is 0 Å². The average Bonchev–Trinajstić information content (AvgIpc) is 2.37. The van der Waals surface area contributed by atoms with E-state index in [9.17, 15) is 13.2 Å². The Bertz CT molecular complexity index is 522. The highest BCUT2D eigenvalue weighted by Crippen LogP contribution is 2.12. The van der Waals surface area contributed by atoms with Gasteiger partial charge in [0.05, 0.1) is 18.0 Å². The molecule has 6 nitrogen and oxygen atoms in total. The van der Waals surface area contributed by atoms with Gasteiger partial charge in [0.2, 0.25) is 10.0 Å². The zero-order valence-electron chi connectivity index (χ0n) is 10.8. The van der Waals surface area contributed by atoms with Gasteiger partial charge < -0.3 is 9.84 Å². The summed E-state index contributed by atoms with van der Waals surface area (Å²) >= 11 is 0. The van der Waals surface area contributed by atoms with Crippen LogP contribution in [-0.2, 0) is 26.2 Å². The van der Waals surface area contributed by atoms with Crippen LogP contribution in [0.1, 0.15) is 19.4 Å². The monoisotopic (exact) mass is 287 g/mol. The molecule has 0 heterocycles. The maximum Gasteiger partial charge on any atom is 0.293 e. The van der Waals surface area contributed by atoms with Gasteiger partial charge in [-0.3, -0.25) is 4.79 Å². The van der Waals surface area contributed by atoms with Crippen LogP contribution in [0.15, 0.2) is 29.2 Å². The summed E-state index contributed by atoms with van der Waals surface area (Å²) in [4.78, 5) is 10.4. The summed E-state index contributed by atoms with van der Waals surface area (Å²) in [7, 11) is -3.66. The number of nitrogens with one attached hydrogen (secondary N) is 1. The molecular formula is C12H17NO5S. The van der Waals surface area contributed by atoms with Gasteiger partial charge in [-0.15, -0.1) is 0 Å². The minimum Gasteiger partial charge on any atom is -0.460 e. The number of rotatable bonds is 7. The Labute approximate surface area is 112 Å². The van der Waals surface area contributed by atoms with E-state index in [-0.39, 0.29) is 24.5 Å². The lowest BCUT2D eigenvalue weighted by atomic mass is 10.1. The van der Waals surface area contributed by atoms with E-state index in [1.165, 1.54) is 24.3 Å². The molecule has 0 bridgehead atoms. The highest BCUT2D eigenvalue weighted by atomic mass is 32.2. The fourth-order valence-electron chi connectivity index (χ4n) is 1.30. The molecule has 0 atom stereocenters. The van der Waals surface area contributed by atoms with E-state index < -0.39 is 15.6 Å². The molecule has 0 saturated heterocycles. The second-order valence-electron chi connectivity index (χ2n) is 4.60. The van der Waals surface area contributed by atoms with Crippen LogP contribution in [0.2, 0.25) is 0 Å². The second kappa shape index (κ2) is 6.14. The van der Waals surface area contributed by atoms with Gasteiger partial charge in [-0.05, 0) is 31.5 Å². The number of aliphatic hydroxyl groups excluding tert-OH is 1. The molecule has 0 aliphatic carbocycles. The van der Waals surface area contributed by atoms with Crippen LogP contribution in [0.5, 0.6) is 0 Å². The zero-order valence-corrected chi connectivity index (χ0v) is 11.6. The maximum atomic E-state index is 12.0. The molecule has 0 aromatic heterocycles. The number of aliphatic hydroxyl groups is 1. The Balaban J connectivity index is 2.78. The lowest BCUT2D eigenvalue weighted by Crippen LogP contribution is -2.40. The van der Waals surface area contributed by atoms with E-state index in [4.69, 9.17) is 9.84 Å². The fraction of sp³-hybridized carbons (Fsp3) is 0.417. The Morgan fingerprint density at radius 2 is 1.89 bits per heavy atom. The summed E-state index contributed by atoms with van der Waals surface area (Å²) in [5.74, 6) is 0. The van der Waals surface area contributed by atoms with Crippen molar-refractivity contribution in [2.24, 2.45) is 0 Å². The molecule has 2 N–H and O–H groups in total. The first-order chi connectivity index (χ1) is 8.80. The SMILES string of the molecule is CC(C)(CNS(=O)(=O)c1ccc(CO)cc1)OC=O. The first-order valence-corrected chi connectivity index (χ1v) is 7.10. The van der Waals surface area contributed by atoms with Crippen molar-refractivity contribution in [2.45, 2.75) is 31.0 Å². The van der Waals surface area contributed by atoms with Crippen LogP contribution in [-0.4, -0.2) is 32.1 Å². The van der Waals surface area contributed by atoms with Crippen molar-refractivity contribution in [1.82, 2.24) is 4.72 Å². The number of ether oxygens (including phenoxy) is 1. The van der Waals surface area contributed by atoms with E-state index in [0.29, 0.717) is 5.56 Å². The van der Waals surface area contributed by atoms with Crippen LogP contribution in [0.25, 0.3) is 0 Å². The molecule has 0 saturated carbocycles. The quantitative estimate of drug-likeness (QED) is 0.709. The molecule has 0 amide bonds. The first kappa shape index (κ1) is 15.6. The molecule has 0 radical (unpaired) electrons. The molecule has 0 aliphatic heterocycles. The summed E-state index contributed by atoms with van der Waals surface area (Å²) in [5, 5.41) is 8.89. The molecule has 19 heavy (non-hydrogen) atoms. The van der Waals surface area contributed by atoms with E-state index >= 15 is 0 Å². The summed E-state index contributed by atoms with van der Waals surface area (Å²) < 4.78 is 31.1. The Morgan fingerprint density at radius 3 is 2.37 bits per heavy atom. The van der Waals surface area contributed by atoms with Crippen molar-refractivity contribution in [3.8, 4) is 0 Å². The predicted molar refractivity (Wildman–Crippen MR) is 68.8 cm³/mol. The van der Waals surface area contributed by atoms with Gasteiger partial charge in [0.25, 0.3) is 6.47 Å². The largest absolute Gasteiger partial charge is 0.460 e. The van der Waals surface area contributed by atoms with E-state index in [0.717, 1.165) is 0 Å². The molecule has 0 fully saturated rings. The molecule has 1 aromatic rings. The van der Waals surface area contributed by atoms with Gasteiger partial charge in [0.1, 0.15) is 5.60 Å². The Hall–Kier alpha value is -1.44. The van der Waals surface area contributed by atoms with Crippen LogP contribution >= 0.6 is 0 Å². The normalized spacial score (nSPS) is 12.2. The Morgan fingerprint density at radius 1 is 1.32 bits per heavy atom. The Kier molecular flexibility index (Phi) is 5.04. The number of carbonyl (C=O) groups is 1. The summed E-state index contributed by atoms with van der Waals surface area (Å²) in [5.41, 5.74) is -0.289. The van der Waals surface area contributed by atoms with Crippen molar-refractivity contribution in [2.75, 3.05) is 6.54 Å². The van der Waals surface area contributed by atoms with Crippen molar-refractivity contribution in [3.63, 3.8) is 0 Å². The summed E-state index contributed by atoms with van der Waals surface area (Å²) in [6.07, 6.45) is 0. The number of benzene rings is 1. The van der Waals surface area contributed by atoms with Crippen LogP contribution in [0.3, 0.4) is 0 Å². The van der Waals surface area contributed by atoms with Gasteiger partial charge >= 0.3 is 0 Å². The lowest BCUT2D eigenvalue weighted by Gasteiger charge is -2.22. The van der Waals surface area contributed by atoms with Gasteiger partial charge in [-0.25, -0.2) is 13.1 Å². The van der Waals surface area contributed by atoms with E-state index in [2.05, 4.69) is 4.72 Å². The minimum absolute atomic E-state index is 0.0319. The number of sulfonamides is 1. The highest BCUT2D eigenvalue weighted by Gasteiger charge is 2.23. The van der Waals surface area contributed by atoms with Crippen LogP contribution in [0.4, 0.5) is 0 Å². The molecule has 1 rings (SSSR count). The van der Waals surface area contributed by atoms with Gasteiger partial charge in [-0.2, -0.15) is 0 Å². The van der Waals surface area contributed by atoms with Gasteiger partial charge in [0, 0.05) is 0 Å². The molecule has 0 aliphatic rings. The number of carbonyl (C=O) groups excluding carboxylic acids is 1. The van der Waals surface area contributed by atoms with E-state index in [1.54, 1.807) is 13.8 Å². The summed E-state index contributed by atoms with van der Waals surface area (Å²) in [6.45, 7) is 3.30. The first-order valence-electron chi connectivity index (χ1n) is 5.62. The molecule has 7 heteroatoms. The third-order valence-corrected chi connectivity index (χ3v) is 3.89. The molecule has 0 spiro atoms. The van der Waals surface area contributed by atoms with Crippen molar-refractivity contribution < 1.29 is 23.1 Å². The molecular weight excluding hydrogens is 270 g/mol. The minimum atomic E-state index is -3.66. The molecule has 1 aromatic carbocycles. The van der Waals surface area contributed by atoms with Crippen molar-refractivity contribution >= 4 is 16.5 Å². The molecule has 106 valence electrons. The average molecular weight is 287 g/mol. The molecule has 0 unspecified atom stereocenters. The maximum absolute atomic E-state index is 12.0. The van der Waals surface area contributed by atoms with Crippen LogP contribution in [0, 0.1) is 0 Å². The smallest absolute Gasteiger partial charge is 0.293 e. The zero-order chi connectivity index (χ0) is 14.5. The number of hydrogen-bond acceptors (Lipinski definition) is 5. The third kappa shape index (κ3) is 4.62. The van der Waals surface area contributed by atoms with Crippen LogP contribution < -0.4 is 4.72 Å². The van der Waals surface area contributed by atoms with Gasteiger partial charge in [-0.1, -0.05) is 12.1 Å². The topological polar surface area (TPSA) is 92.7 Å². The van der Waals surface area contributed by atoms with Crippen molar-refractivity contribution in [3.05, 3.63) is 29.8 Å². The highest BCUT2D eigenvalue weighted by molar-refractivity contribution is 7.89. The van der Waals surface area contributed by atoms with E-state index in [1.807, 2.05) is 0 Å².